The molecule has 0 amide bonds. The summed E-state index contributed by atoms with van der Waals surface area (Å²) >= 11 is 0.296. The molecule has 130 valence electrons. The maximum absolute atomic E-state index is 12.4. The van der Waals surface area contributed by atoms with Crippen LogP contribution in [-0.2, 0) is 9.07 Å². The first-order valence-corrected chi connectivity index (χ1v) is 8.28. The van der Waals surface area contributed by atoms with Crippen molar-refractivity contribution in [1.82, 2.24) is 9.55 Å². The van der Waals surface area contributed by atoms with E-state index in [0.717, 1.165) is 12.8 Å². The first-order chi connectivity index (χ1) is 11.6. The number of rotatable bonds is 6. The molecule has 1 aliphatic rings. The summed E-state index contributed by atoms with van der Waals surface area (Å²) in [6, 6.07) is 3.43. The lowest BCUT2D eigenvalue weighted by molar-refractivity contribution is -0.121. The SMILES string of the molecule is CCC1OC(n2cc(-c3ccco3)c(OSOO)nc2=O)CC1C. The molecule has 24 heavy (non-hydrogen) atoms. The summed E-state index contributed by atoms with van der Waals surface area (Å²) in [6.07, 6.45) is 4.45. The van der Waals surface area contributed by atoms with Gasteiger partial charge in [-0.2, -0.15) is 4.98 Å². The Morgan fingerprint density at radius 1 is 1.54 bits per heavy atom. The monoisotopic (exact) mass is 354 g/mol. The fourth-order valence-electron chi connectivity index (χ4n) is 2.91. The summed E-state index contributed by atoms with van der Waals surface area (Å²) in [6.45, 7) is 4.16. The Kier molecular flexibility index (Phi) is 5.24. The molecule has 0 aliphatic carbocycles. The van der Waals surface area contributed by atoms with Gasteiger partial charge < -0.3 is 13.3 Å². The zero-order chi connectivity index (χ0) is 17.1. The molecule has 3 atom stereocenters. The van der Waals surface area contributed by atoms with E-state index in [1.807, 2.05) is 0 Å². The van der Waals surface area contributed by atoms with Crippen molar-refractivity contribution in [3.63, 3.8) is 0 Å². The van der Waals surface area contributed by atoms with Crippen molar-refractivity contribution in [1.29, 1.82) is 0 Å². The van der Waals surface area contributed by atoms with Crippen LogP contribution in [0.5, 0.6) is 5.88 Å². The minimum absolute atomic E-state index is 0.0108. The fraction of sp³-hybridized carbons (Fsp3) is 0.467. The minimum Gasteiger partial charge on any atom is -0.464 e. The van der Waals surface area contributed by atoms with Crippen molar-refractivity contribution in [2.24, 2.45) is 5.92 Å². The highest BCUT2D eigenvalue weighted by molar-refractivity contribution is 7.90. The van der Waals surface area contributed by atoms with Gasteiger partial charge in [0.25, 0.3) is 12.3 Å². The van der Waals surface area contributed by atoms with Gasteiger partial charge in [0.1, 0.15) is 12.0 Å². The lowest BCUT2D eigenvalue weighted by Gasteiger charge is -2.16. The van der Waals surface area contributed by atoms with E-state index in [-0.39, 0.29) is 18.2 Å². The third-order valence-electron chi connectivity index (χ3n) is 4.10. The van der Waals surface area contributed by atoms with Crippen LogP contribution in [-0.4, -0.2) is 20.9 Å². The smallest absolute Gasteiger partial charge is 0.353 e. The first-order valence-electron chi connectivity index (χ1n) is 7.61. The van der Waals surface area contributed by atoms with Crippen LogP contribution in [0.1, 0.15) is 32.9 Å². The highest BCUT2D eigenvalue weighted by atomic mass is 32.2. The van der Waals surface area contributed by atoms with E-state index in [4.69, 9.17) is 18.6 Å². The van der Waals surface area contributed by atoms with Gasteiger partial charge in [-0.05, 0) is 30.9 Å². The van der Waals surface area contributed by atoms with Crippen LogP contribution in [0, 0.1) is 5.92 Å². The number of furan rings is 1. The maximum atomic E-state index is 12.4. The Bertz CT molecular complexity index is 732. The topological polar surface area (TPSA) is 96.0 Å². The van der Waals surface area contributed by atoms with E-state index in [0.29, 0.717) is 29.6 Å². The Hall–Kier alpha value is -1.81. The van der Waals surface area contributed by atoms with Gasteiger partial charge in [0.05, 0.1) is 17.9 Å². The number of aromatic nitrogens is 2. The van der Waals surface area contributed by atoms with E-state index in [2.05, 4.69) is 23.2 Å². The predicted molar refractivity (Wildman–Crippen MR) is 86.1 cm³/mol. The molecule has 1 N–H and O–H groups in total. The third-order valence-corrected chi connectivity index (χ3v) is 4.39. The normalized spacial score (nSPS) is 23.5. The summed E-state index contributed by atoms with van der Waals surface area (Å²) in [5.74, 6) is 0.819. The van der Waals surface area contributed by atoms with Crippen molar-refractivity contribution < 1.29 is 22.9 Å². The number of hydrogen-bond acceptors (Lipinski definition) is 8. The molecule has 0 bridgehead atoms. The van der Waals surface area contributed by atoms with Gasteiger partial charge in [-0.1, -0.05) is 13.8 Å². The molecular weight excluding hydrogens is 336 g/mol. The molecule has 3 heterocycles. The highest BCUT2D eigenvalue weighted by Gasteiger charge is 2.33. The average molecular weight is 354 g/mol. The standard InChI is InChI=1S/C15H18N2O6S/c1-3-11-9(2)7-13(21-11)17-8-10(12-5-4-6-20-12)14(16-15(17)18)22-24-23-19/h4-6,8-9,11,13,19H,3,7H2,1-2H3. The minimum atomic E-state index is -0.507. The lowest BCUT2D eigenvalue weighted by atomic mass is 10.0. The van der Waals surface area contributed by atoms with Crippen LogP contribution in [0.3, 0.4) is 0 Å². The van der Waals surface area contributed by atoms with Crippen LogP contribution in [0.4, 0.5) is 0 Å². The molecule has 3 rings (SSSR count). The maximum Gasteiger partial charge on any atom is 0.353 e. The van der Waals surface area contributed by atoms with Gasteiger partial charge in [0.2, 0.25) is 5.88 Å². The Balaban J connectivity index is 1.99. The number of nitrogens with zero attached hydrogens (tertiary/aromatic N) is 2. The van der Waals surface area contributed by atoms with Crippen LogP contribution < -0.4 is 9.87 Å². The Morgan fingerprint density at radius 3 is 3.00 bits per heavy atom. The van der Waals surface area contributed by atoms with Crippen molar-refractivity contribution in [3.05, 3.63) is 35.1 Å². The second-order valence-electron chi connectivity index (χ2n) is 5.60. The zero-order valence-electron chi connectivity index (χ0n) is 13.2. The van der Waals surface area contributed by atoms with Crippen LogP contribution >= 0.6 is 12.3 Å². The second kappa shape index (κ2) is 7.39. The molecule has 0 saturated carbocycles. The molecule has 9 heteroatoms. The van der Waals surface area contributed by atoms with E-state index < -0.39 is 5.69 Å². The Morgan fingerprint density at radius 2 is 2.38 bits per heavy atom. The second-order valence-corrected chi connectivity index (χ2v) is 6.06. The first kappa shape index (κ1) is 17.0. The molecule has 2 aromatic heterocycles. The van der Waals surface area contributed by atoms with Gasteiger partial charge in [-0.3, -0.25) is 4.57 Å². The van der Waals surface area contributed by atoms with Gasteiger partial charge in [0.15, 0.2) is 0 Å². The Labute approximate surface area is 142 Å². The molecule has 2 aromatic rings. The lowest BCUT2D eigenvalue weighted by Crippen LogP contribution is -2.27. The average Bonchev–Trinajstić information content (AvgIpc) is 3.22. The van der Waals surface area contributed by atoms with E-state index in [1.165, 1.54) is 10.8 Å². The molecule has 0 radical (unpaired) electrons. The van der Waals surface area contributed by atoms with E-state index in [1.54, 1.807) is 18.3 Å². The summed E-state index contributed by atoms with van der Waals surface area (Å²) in [4.78, 5) is 16.3. The quantitative estimate of drug-likeness (QED) is 0.480. The van der Waals surface area contributed by atoms with Crippen molar-refractivity contribution in [2.75, 3.05) is 0 Å². The summed E-state index contributed by atoms with van der Waals surface area (Å²) in [5.41, 5.74) is -0.0480. The molecule has 0 spiro atoms. The number of ether oxygens (including phenoxy) is 1. The zero-order valence-corrected chi connectivity index (χ0v) is 14.1. The van der Waals surface area contributed by atoms with E-state index >= 15 is 0 Å². The largest absolute Gasteiger partial charge is 0.464 e. The molecule has 0 aromatic carbocycles. The van der Waals surface area contributed by atoms with Gasteiger partial charge in [-0.15, -0.1) is 4.33 Å². The highest BCUT2D eigenvalue weighted by Crippen LogP contribution is 2.36. The molecule has 3 unspecified atom stereocenters. The van der Waals surface area contributed by atoms with Crippen molar-refractivity contribution in [3.8, 4) is 17.2 Å². The van der Waals surface area contributed by atoms with Gasteiger partial charge in [-0.25, -0.2) is 10.1 Å². The summed E-state index contributed by atoms with van der Waals surface area (Å²) in [5, 5.41) is 8.41. The van der Waals surface area contributed by atoms with Crippen molar-refractivity contribution in [2.45, 2.75) is 39.0 Å². The fourth-order valence-corrected chi connectivity index (χ4v) is 3.13. The summed E-state index contributed by atoms with van der Waals surface area (Å²) in [7, 11) is 0. The predicted octanol–water partition coefficient (Wildman–Crippen LogP) is 3.27. The summed E-state index contributed by atoms with van der Waals surface area (Å²) < 4.78 is 21.7. The van der Waals surface area contributed by atoms with Gasteiger partial charge >= 0.3 is 5.69 Å². The third kappa shape index (κ3) is 3.34. The molecule has 8 nitrogen and oxygen atoms in total. The van der Waals surface area contributed by atoms with Crippen LogP contribution in [0.2, 0.25) is 0 Å². The number of hydrogen-bond donors (Lipinski definition) is 1. The molecule has 1 aliphatic heterocycles. The molecular formula is C15H18N2O6S. The molecule has 1 fully saturated rings. The molecule has 1 saturated heterocycles. The van der Waals surface area contributed by atoms with Gasteiger partial charge in [0, 0.05) is 6.20 Å². The van der Waals surface area contributed by atoms with E-state index in [9.17, 15) is 4.79 Å². The van der Waals surface area contributed by atoms with Crippen molar-refractivity contribution >= 4 is 12.3 Å². The van der Waals surface area contributed by atoms with Crippen LogP contribution in [0.15, 0.2) is 33.8 Å². The van der Waals surface area contributed by atoms with Crippen LogP contribution in [0.25, 0.3) is 11.3 Å².